The molecular weight excluding hydrogens is 265 g/mol. The van der Waals surface area contributed by atoms with Crippen molar-refractivity contribution < 1.29 is 13.2 Å². The predicted octanol–water partition coefficient (Wildman–Crippen LogP) is 3.35. The molecule has 2 nitrogen and oxygen atoms in total. The highest BCUT2D eigenvalue weighted by Crippen LogP contribution is 2.36. The van der Waals surface area contributed by atoms with Crippen molar-refractivity contribution >= 4 is 0 Å². The van der Waals surface area contributed by atoms with Gasteiger partial charge < -0.3 is 5.32 Å². The molecule has 0 radical (unpaired) electrons. The van der Waals surface area contributed by atoms with E-state index in [-0.39, 0.29) is 17.5 Å². The fourth-order valence-corrected chi connectivity index (χ4v) is 2.95. The number of hydrogen-bond acceptors (Lipinski definition) is 2. The van der Waals surface area contributed by atoms with Crippen LogP contribution in [0.25, 0.3) is 0 Å². The lowest BCUT2D eigenvalue weighted by Gasteiger charge is -2.46. The normalized spacial score (nSPS) is 29.0. The van der Waals surface area contributed by atoms with Crippen LogP contribution in [0.3, 0.4) is 0 Å². The Morgan fingerprint density at radius 3 is 2.35 bits per heavy atom. The van der Waals surface area contributed by atoms with E-state index in [1.807, 2.05) is 0 Å². The molecule has 0 bridgehead atoms. The van der Waals surface area contributed by atoms with Gasteiger partial charge in [0.25, 0.3) is 0 Å². The summed E-state index contributed by atoms with van der Waals surface area (Å²) in [6, 6.07) is 0.455. The van der Waals surface area contributed by atoms with E-state index in [1.54, 1.807) is 0 Å². The van der Waals surface area contributed by atoms with Crippen LogP contribution in [-0.2, 0) is 0 Å². The lowest BCUT2D eigenvalue weighted by atomic mass is 9.77. The lowest BCUT2D eigenvalue weighted by molar-refractivity contribution is -0.0972. The molecule has 0 aromatic carbocycles. The Hall–Kier alpha value is -0.550. The van der Waals surface area contributed by atoms with Crippen LogP contribution in [0.1, 0.15) is 40.0 Å². The molecule has 1 heterocycles. The van der Waals surface area contributed by atoms with Gasteiger partial charge in [-0.2, -0.15) is 13.2 Å². The third-order valence-corrected chi connectivity index (χ3v) is 4.35. The summed E-state index contributed by atoms with van der Waals surface area (Å²) in [6.07, 6.45) is -0.333. The van der Waals surface area contributed by atoms with E-state index in [1.165, 1.54) is 12.5 Å². The zero-order valence-corrected chi connectivity index (χ0v) is 12.6. The number of rotatable bonds is 3. The van der Waals surface area contributed by atoms with Crippen LogP contribution in [0, 0.1) is 5.92 Å². The van der Waals surface area contributed by atoms with E-state index in [9.17, 15) is 13.2 Å². The Kier molecular flexibility index (Phi) is 4.50. The van der Waals surface area contributed by atoms with E-state index < -0.39 is 6.18 Å². The molecule has 1 aliphatic carbocycles. The molecule has 1 saturated carbocycles. The minimum Gasteiger partial charge on any atom is -0.312 e. The molecule has 0 aromatic rings. The van der Waals surface area contributed by atoms with Crippen molar-refractivity contribution in [2.45, 2.75) is 57.8 Å². The van der Waals surface area contributed by atoms with Gasteiger partial charge in [0.05, 0.1) is 0 Å². The summed E-state index contributed by atoms with van der Waals surface area (Å²) in [5.74, 6) is 0.579. The van der Waals surface area contributed by atoms with Gasteiger partial charge >= 0.3 is 6.18 Å². The molecule has 1 fully saturated rings. The molecule has 116 valence electrons. The molecule has 20 heavy (non-hydrogen) atoms. The molecule has 2 unspecified atom stereocenters. The zero-order chi connectivity index (χ0) is 15.0. The minimum atomic E-state index is -4.14. The maximum absolute atomic E-state index is 12.6. The van der Waals surface area contributed by atoms with E-state index in [0.29, 0.717) is 25.0 Å². The molecule has 0 amide bonds. The highest BCUT2D eigenvalue weighted by Gasteiger charge is 2.39. The maximum Gasteiger partial charge on any atom is 0.412 e. The van der Waals surface area contributed by atoms with Gasteiger partial charge in [-0.3, -0.25) is 4.90 Å². The van der Waals surface area contributed by atoms with Crippen LogP contribution >= 0.6 is 0 Å². The van der Waals surface area contributed by atoms with Gasteiger partial charge in [0, 0.05) is 30.2 Å². The maximum atomic E-state index is 12.6. The zero-order valence-electron chi connectivity index (χ0n) is 12.6. The third-order valence-electron chi connectivity index (χ3n) is 4.35. The Morgan fingerprint density at radius 1 is 1.25 bits per heavy atom. The Labute approximate surface area is 119 Å². The van der Waals surface area contributed by atoms with E-state index in [2.05, 4.69) is 31.0 Å². The average molecular weight is 290 g/mol. The Bertz CT molecular complexity index is 368. The first-order valence-corrected chi connectivity index (χ1v) is 7.42. The highest BCUT2D eigenvalue weighted by molar-refractivity contribution is 5.14. The fourth-order valence-electron chi connectivity index (χ4n) is 2.95. The topological polar surface area (TPSA) is 15.3 Å². The smallest absolute Gasteiger partial charge is 0.312 e. The lowest BCUT2D eigenvalue weighted by Crippen LogP contribution is -2.53. The Morgan fingerprint density at radius 2 is 1.95 bits per heavy atom. The predicted molar refractivity (Wildman–Crippen MR) is 74.6 cm³/mol. The molecule has 2 atom stereocenters. The van der Waals surface area contributed by atoms with Gasteiger partial charge in [0.1, 0.15) is 0 Å². The van der Waals surface area contributed by atoms with Crippen molar-refractivity contribution in [1.29, 1.82) is 0 Å². The van der Waals surface area contributed by atoms with Crippen molar-refractivity contribution in [2.75, 3.05) is 19.6 Å². The minimum absolute atomic E-state index is 0.103. The van der Waals surface area contributed by atoms with Gasteiger partial charge in [0.15, 0.2) is 0 Å². The summed E-state index contributed by atoms with van der Waals surface area (Å²) >= 11 is 0. The van der Waals surface area contributed by atoms with Crippen molar-refractivity contribution in [3.8, 4) is 0 Å². The molecule has 0 saturated heterocycles. The van der Waals surface area contributed by atoms with E-state index in [0.717, 1.165) is 13.0 Å². The van der Waals surface area contributed by atoms with Crippen LogP contribution in [-0.4, -0.2) is 42.3 Å². The van der Waals surface area contributed by atoms with Gasteiger partial charge in [-0.25, -0.2) is 0 Å². The van der Waals surface area contributed by atoms with Crippen molar-refractivity contribution in [2.24, 2.45) is 5.92 Å². The van der Waals surface area contributed by atoms with Gasteiger partial charge in [-0.15, -0.1) is 0 Å². The third kappa shape index (κ3) is 3.98. The molecule has 2 aliphatic rings. The number of nitrogens with zero attached hydrogens (tertiary/aromatic N) is 1. The first-order valence-electron chi connectivity index (χ1n) is 7.42. The molecule has 1 N–H and O–H groups in total. The average Bonchev–Trinajstić information content (AvgIpc) is 2.25. The van der Waals surface area contributed by atoms with Crippen molar-refractivity contribution in [3.05, 3.63) is 11.6 Å². The first kappa shape index (κ1) is 15.8. The summed E-state index contributed by atoms with van der Waals surface area (Å²) in [4.78, 5) is 2.22. The first-order chi connectivity index (χ1) is 9.17. The monoisotopic (exact) mass is 290 g/mol. The second kappa shape index (κ2) is 5.68. The van der Waals surface area contributed by atoms with Gasteiger partial charge in [-0.1, -0.05) is 6.08 Å². The summed E-state index contributed by atoms with van der Waals surface area (Å²) in [5.41, 5.74) is -0.247. The SMILES string of the molecule is CC(C)(C)NCC1CCC1N1CC=C(C(F)(F)F)CC1. The molecule has 1 aliphatic heterocycles. The number of hydrogen-bond donors (Lipinski definition) is 1. The van der Waals surface area contributed by atoms with Crippen LogP contribution in [0.15, 0.2) is 11.6 Å². The van der Waals surface area contributed by atoms with Crippen LogP contribution in [0.5, 0.6) is 0 Å². The second-order valence-corrected chi connectivity index (χ2v) is 7.01. The van der Waals surface area contributed by atoms with Crippen LogP contribution < -0.4 is 5.32 Å². The highest BCUT2D eigenvalue weighted by atomic mass is 19.4. The van der Waals surface area contributed by atoms with Crippen molar-refractivity contribution in [1.82, 2.24) is 10.2 Å². The largest absolute Gasteiger partial charge is 0.412 e. The van der Waals surface area contributed by atoms with Crippen LogP contribution in [0.4, 0.5) is 13.2 Å². The van der Waals surface area contributed by atoms with Gasteiger partial charge in [0.2, 0.25) is 0 Å². The van der Waals surface area contributed by atoms with E-state index in [4.69, 9.17) is 0 Å². The summed E-state index contributed by atoms with van der Waals surface area (Å²) < 4.78 is 37.8. The quantitative estimate of drug-likeness (QED) is 0.802. The summed E-state index contributed by atoms with van der Waals surface area (Å²) in [7, 11) is 0. The van der Waals surface area contributed by atoms with Crippen LogP contribution in [0.2, 0.25) is 0 Å². The summed E-state index contributed by atoms with van der Waals surface area (Å²) in [6.45, 7) is 8.37. The fraction of sp³-hybridized carbons (Fsp3) is 0.867. The van der Waals surface area contributed by atoms with Crippen molar-refractivity contribution in [3.63, 3.8) is 0 Å². The number of nitrogens with one attached hydrogen (secondary N) is 1. The second-order valence-electron chi connectivity index (χ2n) is 7.01. The number of halogens is 3. The molecule has 0 aromatic heterocycles. The number of alkyl halides is 3. The molecular formula is C15H25F3N2. The summed E-state index contributed by atoms with van der Waals surface area (Å²) in [5, 5.41) is 3.50. The molecule has 2 rings (SSSR count). The Balaban J connectivity index is 1.84. The molecule has 5 heteroatoms. The standard InChI is InChI=1S/C15H25F3N2/c1-14(2,3)19-10-11-4-5-13(11)20-8-6-12(7-9-20)15(16,17)18/h6,11,13,19H,4-5,7-10H2,1-3H3. The molecule has 0 spiro atoms. The van der Waals surface area contributed by atoms with E-state index >= 15 is 0 Å². The van der Waals surface area contributed by atoms with Gasteiger partial charge in [-0.05, 0) is 52.5 Å².